The lowest BCUT2D eigenvalue weighted by Gasteiger charge is -2.03. The maximum absolute atomic E-state index is 11.6. The van der Waals surface area contributed by atoms with E-state index in [9.17, 15) is 10.1 Å². The number of allylic oxidation sites excluding steroid dienone is 1. The van der Waals surface area contributed by atoms with Gasteiger partial charge in [-0.1, -0.05) is 53.3 Å². The van der Waals surface area contributed by atoms with Crippen molar-refractivity contribution in [3.05, 3.63) is 68.2 Å². The molecule has 3 aromatic rings. The number of hydrogen-bond acceptors (Lipinski definition) is 4. The molecule has 134 valence electrons. The summed E-state index contributed by atoms with van der Waals surface area (Å²) in [4.78, 5) is 16.3. The monoisotopic (exact) mass is 485 g/mol. The van der Waals surface area contributed by atoms with Crippen molar-refractivity contribution in [1.82, 2.24) is 4.98 Å². The molecule has 0 radical (unpaired) electrons. The van der Waals surface area contributed by atoms with Crippen LogP contribution in [0.1, 0.15) is 23.1 Å². The highest BCUT2D eigenvalue weighted by atomic mass is 127. The van der Waals surface area contributed by atoms with Crippen molar-refractivity contribution in [2.45, 2.75) is 13.8 Å². The zero-order valence-corrected chi connectivity index (χ0v) is 17.8. The van der Waals surface area contributed by atoms with Crippen LogP contribution in [-0.2, 0) is 4.79 Å². The van der Waals surface area contributed by atoms with Crippen molar-refractivity contribution in [2.24, 2.45) is 0 Å². The van der Waals surface area contributed by atoms with Crippen LogP contribution in [0.25, 0.3) is 22.9 Å². The molecule has 2 aromatic carbocycles. The number of hydrogen-bond donors (Lipinski definition) is 1. The SMILES string of the molecule is CC(=O)Nc1sc(C(C#N)=Cc2ccc(I)cc2)nc1-c1ccc(C)cc1. The van der Waals surface area contributed by atoms with Crippen LogP contribution in [-0.4, -0.2) is 10.9 Å². The number of rotatable bonds is 4. The highest BCUT2D eigenvalue weighted by Gasteiger charge is 2.17. The molecule has 27 heavy (non-hydrogen) atoms. The molecule has 1 amide bonds. The van der Waals surface area contributed by atoms with Gasteiger partial charge in [0.2, 0.25) is 5.91 Å². The van der Waals surface area contributed by atoms with Gasteiger partial charge in [-0.15, -0.1) is 0 Å². The van der Waals surface area contributed by atoms with Crippen LogP contribution in [0.4, 0.5) is 5.00 Å². The first kappa shape index (κ1) is 19.3. The summed E-state index contributed by atoms with van der Waals surface area (Å²) < 4.78 is 1.13. The predicted molar refractivity (Wildman–Crippen MR) is 119 cm³/mol. The van der Waals surface area contributed by atoms with Gasteiger partial charge in [0.1, 0.15) is 21.8 Å². The van der Waals surface area contributed by atoms with E-state index in [2.05, 4.69) is 39.0 Å². The summed E-state index contributed by atoms with van der Waals surface area (Å²) in [6.07, 6.45) is 1.81. The van der Waals surface area contributed by atoms with Crippen LogP contribution in [0.3, 0.4) is 0 Å². The Morgan fingerprint density at radius 3 is 2.44 bits per heavy atom. The predicted octanol–water partition coefficient (Wildman–Crippen LogP) is 5.75. The number of carbonyl (C=O) groups is 1. The van der Waals surface area contributed by atoms with Gasteiger partial charge in [-0.3, -0.25) is 4.79 Å². The van der Waals surface area contributed by atoms with Crippen molar-refractivity contribution in [2.75, 3.05) is 5.32 Å². The number of anilines is 1. The number of nitrogens with one attached hydrogen (secondary N) is 1. The van der Waals surface area contributed by atoms with Crippen LogP contribution in [0.5, 0.6) is 0 Å². The zero-order valence-electron chi connectivity index (χ0n) is 14.8. The second-order valence-electron chi connectivity index (χ2n) is 5.97. The van der Waals surface area contributed by atoms with Crippen molar-refractivity contribution < 1.29 is 4.79 Å². The fourth-order valence-corrected chi connectivity index (χ4v) is 3.81. The number of aromatic nitrogens is 1. The molecule has 1 aromatic heterocycles. The van der Waals surface area contributed by atoms with Crippen LogP contribution in [0.2, 0.25) is 0 Å². The van der Waals surface area contributed by atoms with Crippen molar-refractivity contribution in [3.63, 3.8) is 0 Å². The van der Waals surface area contributed by atoms with E-state index < -0.39 is 0 Å². The third-order valence-electron chi connectivity index (χ3n) is 3.77. The van der Waals surface area contributed by atoms with E-state index in [4.69, 9.17) is 0 Å². The fraction of sp³-hybridized carbons (Fsp3) is 0.0952. The summed E-state index contributed by atoms with van der Waals surface area (Å²) >= 11 is 3.55. The fourth-order valence-electron chi connectivity index (χ4n) is 2.45. The Morgan fingerprint density at radius 2 is 1.85 bits per heavy atom. The van der Waals surface area contributed by atoms with E-state index in [-0.39, 0.29) is 5.91 Å². The van der Waals surface area contributed by atoms with E-state index in [0.717, 1.165) is 20.3 Å². The minimum atomic E-state index is -0.168. The molecule has 0 aliphatic heterocycles. The number of nitrogens with zero attached hydrogens (tertiary/aromatic N) is 2. The summed E-state index contributed by atoms with van der Waals surface area (Å²) in [7, 11) is 0. The van der Waals surface area contributed by atoms with Crippen molar-refractivity contribution in [3.8, 4) is 17.3 Å². The molecule has 6 heteroatoms. The topological polar surface area (TPSA) is 65.8 Å². The maximum Gasteiger partial charge on any atom is 0.221 e. The third-order valence-corrected chi connectivity index (χ3v) is 5.50. The number of thiazole rings is 1. The third kappa shape index (κ3) is 4.81. The minimum absolute atomic E-state index is 0.168. The number of amides is 1. The number of halogens is 1. The molecular weight excluding hydrogens is 469 g/mol. The maximum atomic E-state index is 11.6. The highest BCUT2D eigenvalue weighted by Crippen LogP contribution is 2.36. The molecule has 0 spiro atoms. The molecule has 1 heterocycles. The van der Waals surface area contributed by atoms with Gasteiger partial charge in [-0.2, -0.15) is 5.26 Å². The quantitative estimate of drug-likeness (QED) is 0.378. The summed E-state index contributed by atoms with van der Waals surface area (Å²) in [6, 6.07) is 18.1. The molecule has 1 N–H and O–H groups in total. The first-order chi connectivity index (χ1) is 13.0. The summed E-state index contributed by atoms with van der Waals surface area (Å²) in [5.41, 5.74) is 4.12. The molecule has 0 aliphatic carbocycles. The van der Waals surface area contributed by atoms with Crippen LogP contribution in [0.15, 0.2) is 48.5 Å². The van der Waals surface area contributed by atoms with Gasteiger partial charge in [-0.25, -0.2) is 4.98 Å². The van der Waals surface area contributed by atoms with Crippen LogP contribution in [0, 0.1) is 21.8 Å². The number of aryl methyl sites for hydroxylation is 1. The van der Waals surface area contributed by atoms with Gasteiger partial charge < -0.3 is 5.32 Å². The second kappa shape index (κ2) is 8.46. The number of benzene rings is 2. The molecule has 0 aliphatic rings. The Kier molecular flexibility index (Phi) is 6.04. The lowest BCUT2D eigenvalue weighted by molar-refractivity contribution is -0.114. The largest absolute Gasteiger partial charge is 0.316 e. The van der Waals surface area contributed by atoms with Gasteiger partial charge >= 0.3 is 0 Å². The Bertz CT molecular complexity index is 1040. The Labute approximate surface area is 175 Å². The first-order valence-corrected chi connectivity index (χ1v) is 10.1. The molecule has 0 unspecified atom stereocenters. The number of carbonyl (C=O) groups excluding carboxylic acids is 1. The van der Waals surface area contributed by atoms with E-state index in [1.165, 1.54) is 18.3 Å². The van der Waals surface area contributed by atoms with Crippen molar-refractivity contribution in [1.29, 1.82) is 5.26 Å². The Hall–Kier alpha value is -2.50. The average Bonchev–Trinajstić information content (AvgIpc) is 3.04. The molecule has 3 rings (SSSR count). The highest BCUT2D eigenvalue weighted by molar-refractivity contribution is 14.1. The van der Waals surface area contributed by atoms with Crippen molar-refractivity contribution >= 4 is 56.5 Å². The summed E-state index contributed by atoms with van der Waals surface area (Å²) in [6.45, 7) is 3.48. The molecule has 0 fully saturated rings. The zero-order chi connectivity index (χ0) is 19.4. The normalized spacial score (nSPS) is 11.1. The second-order valence-corrected chi connectivity index (χ2v) is 8.21. The van der Waals surface area contributed by atoms with E-state index >= 15 is 0 Å². The lowest BCUT2D eigenvalue weighted by atomic mass is 10.1. The van der Waals surface area contributed by atoms with Gasteiger partial charge in [0, 0.05) is 16.1 Å². The molecule has 4 nitrogen and oxygen atoms in total. The van der Waals surface area contributed by atoms with Crippen LogP contribution < -0.4 is 5.32 Å². The molecular formula is C21H16IN3OS. The van der Waals surface area contributed by atoms with Gasteiger partial charge in [0.15, 0.2) is 0 Å². The first-order valence-electron chi connectivity index (χ1n) is 8.19. The van der Waals surface area contributed by atoms with Gasteiger partial charge in [-0.05, 0) is 53.3 Å². The van der Waals surface area contributed by atoms with E-state index in [0.29, 0.717) is 21.3 Å². The Balaban J connectivity index is 2.06. The standard InChI is InChI=1S/C21H16IN3OS/c1-13-3-7-16(8-4-13)19-21(24-14(2)26)27-20(25-19)17(12-23)11-15-5-9-18(22)10-6-15/h3-11H,1-2H3,(H,24,26). The summed E-state index contributed by atoms with van der Waals surface area (Å²) in [5, 5.41) is 13.7. The Morgan fingerprint density at radius 1 is 1.19 bits per heavy atom. The molecule has 0 saturated heterocycles. The molecule has 0 saturated carbocycles. The lowest BCUT2D eigenvalue weighted by Crippen LogP contribution is -2.05. The van der Waals surface area contributed by atoms with Gasteiger partial charge in [0.25, 0.3) is 0 Å². The van der Waals surface area contributed by atoms with E-state index in [1.807, 2.05) is 61.5 Å². The summed E-state index contributed by atoms with van der Waals surface area (Å²) in [5.74, 6) is -0.168. The smallest absolute Gasteiger partial charge is 0.221 e. The van der Waals surface area contributed by atoms with E-state index in [1.54, 1.807) is 0 Å². The average molecular weight is 485 g/mol. The molecule has 0 atom stereocenters. The van der Waals surface area contributed by atoms with Crippen LogP contribution >= 0.6 is 33.9 Å². The number of nitriles is 1. The molecule has 0 bridgehead atoms. The minimum Gasteiger partial charge on any atom is -0.316 e. The van der Waals surface area contributed by atoms with Gasteiger partial charge in [0.05, 0.1) is 5.57 Å².